The van der Waals surface area contributed by atoms with Gasteiger partial charge >= 0.3 is 0 Å². The quantitative estimate of drug-likeness (QED) is 0.0307. The predicted octanol–water partition coefficient (Wildman–Crippen LogP) is -2.25. The maximum absolute atomic E-state index is 13.0. The predicted molar refractivity (Wildman–Crippen MR) is 220 cm³/mol. The molecule has 2 aliphatic rings. The van der Waals surface area contributed by atoms with E-state index < -0.39 is 91.6 Å². The molecule has 0 aliphatic carbocycles. The zero-order valence-electron chi connectivity index (χ0n) is 34.9. The Hall–Kier alpha value is -6.02. The molecule has 64 heavy (non-hydrogen) atoms. The summed E-state index contributed by atoms with van der Waals surface area (Å²) in [5, 5.41) is 88.4. The van der Waals surface area contributed by atoms with Gasteiger partial charge in [-0.05, 0) is 60.4 Å². The number of aromatic hydroxyl groups is 2. The number of carbonyl (C=O) groups excluding carboxylic acids is 5. The molecule has 4 rings (SSSR count). The molecule has 350 valence electrons. The monoisotopic (exact) mass is 903 g/mol. The first-order valence-corrected chi connectivity index (χ1v) is 19.8. The van der Waals surface area contributed by atoms with Gasteiger partial charge in [0.1, 0.15) is 42.7 Å². The number of hydrogen-bond acceptors (Lipinski definition) is 19. The molecule has 2 fully saturated rings. The van der Waals surface area contributed by atoms with E-state index in [4.69, 9.17) is 23.7 Å². The molecule has 10 atom stereocenters. The number of aliphatic hydroxyl groups excluding tert-OH is 6. The van der Waals surface area contributed by atoms with Gasteiger partial charge in [-0.1, -0.05) is 24.3 Å². The molecule has 0 radical (unpaired) electrons. The summed E-state index contributed by atoms with van der Waals surface area (Å²) < 4.78 is 26.3. The van der Waals surface area contributed by atoms with E-state index in [1.165, 1.54) is 50.6 Å². The van der Waals surface area contributed by atoms with Gasteiger partial charge in [0.15, 0.2) is 47.5 Å². The number of aliphatic hydroxyl groups is 6. The lowest BCUT2D eigenvalue weighted by molar-refractivity contribution is -0.335. The number of unbranched alkanes of at least 4 members (excludes halogenated alkanes) is 1. The molecule has 2 aromatic carbocycles. The van der Waals surface area contributed by atoms with Crippen LogP contribution < -0.4 is 31.1 Å². The van der Waals surface area contributed by atoms with Crippen LogP contribution in [0.4, 0.5) is 0 Å². The van der Waals surface area contributed by atoms with Gasteiger partial charge in [0.05, 0.1) is 33.0 Å². The van der Waals surface area contributed by atoms with E-state index in [2.05, 4.69) is 21.3 Å². The van der Waals surface area contributed by atoms with Crippen molar-refractivity contribution in [1.82, 2.24) is 21.6 Å². The highest BCUT2D eigenvalue weighted by Crippen LogP contribution is 2.30. The van der Waals surface area contributed by atoms with Crippen molar-refractivity contribution in [2.75, 3.05) is 20.8 Å². The first-order valence-electron chi connectivity index (χ1n) is 19.8. The van der Waals surface area contributed by atoms with Crippen LogP contribution in [-0.2, 0) is 38.2 Å². The number of ether oxygens (including phenoxy) is 5. The van der Waals surface area contributed by atoms with E-state index in [1.54, 1.807) is 24.3 Å². The lowest BCUT2D eigenvalue weighted by Crippen LogP contribution is -2.68. The highest BCUT2D eigenvalue weighted by Gasteiger charge is 2.52. The summed E-state index contributed by atoms with van der Waals surface area (Å²) in [5.41, 5.74) is 7.83. The van der Waals surface area contributed by atoms with E-state index in [0.717, 1.165) is 6.92 Å². The molecule has 0 bridgehead atoms. The summed E-state index contributed by atoms with van der Waals surface area (Å²) in [5.74, 6) is -3.28. The number of rotatable bonds is 19. The Bertz CT molecular complexity index is 2050. The lowest BCUT2D eigenvalue weighted by Gasteiger charge is -2.46. The number of benzene rings is 2. The average molecular weight is 904 g/mol. The summed E-state index contributed by atoms with van der Waals surface area (Å²) in [6, 6.07) is 7.61. The Morgan fingerprint density at radius 2 is 1.36 bits per heavy atom. The molecule has 2 aromatic rings. The van der Waals surface area contributed by atoms with E-state index in [0.29, 0.717) is 11.1 Å². The van der Waals surface area contributed by atoms with Crippen LogP contribution in [0.1, 0.15) is 50.2 Å². The van der Waals surface area contributed by atoms with Gasteiger partial charge in [0, 0.05) is 19.8 Å². The number of hydrazine groups is 1. The molecule has 4 amide bonds. The summed E-state index contributed by atoms with van der Waals surface area (Å²) >= 11 is 0. The Kier molecular flexibility index (Phi) is 19.1. The Morgan fingerprint density at radius 1 is 0.766 bits per heavy atom. The molecule has 23 nitrogen and oxygen atoms in total. The average Bonchev–Trinajstić information content (AvgIpc) is 3.27. The van der Waals surface area contributed by atoms with Crippen molar-refractivity contribution in [3.63, 3.8) is 0 Å². The maximum Gasteiger partial charge on any atom is 0.270 e. The van der Waals surface area contributed by atoms with Gasteiger partial charge < -0.3 is 69.9 Å². The molecule has 2 saturated heterocycles. The number of methoxy groups -OCH3 is 2. The Morgan fingerprint density at radius 3 is 1.94 bits per heavy atom. The van der Waals surface area contributed by atoms with Crippen molar-refractivity contribution in [2.45, 2.75) is 100 Å². The fourth-order valence-corrected chi connectivity index (χ4v) is 6.34. The third-order valence-electron chi connectivity index (χ3n) is 9.76. The van der Waals surface area contributed by atoms with Crippen LogP contribution in [-0.4, -0.2) is 158 Å². The number of amides is 4. The van der Waals surface area contributed by atoms with Gasteiger partial charge in [-0.25, -0.2) is 5.43 Å². The number of phenolic OH excluding ortho intramolecular Hbond substituents is 2. The van der Waals surface area contributed by atoms with E-state index in [1.807, 2.05) is 5.43 Å². The second kappa shape index (κ2) is 24.2. The molecule has 2 aliphatic heterocycles. The van der Waals surface area contributed by atoms with Crippen molar-refractivity contribution in [3.05, 3.63) is 59.7 Å². The van der Waals surface area contributed by atoms with Crippen LogP contribution >= 0.6 is 0 Å². The van der Waals surface area contributed by atoms with Gasteiger partial charge in [0.25, 0.3) is 5.91 Å². The van der Waals surface area contributed by atoms with E-state index in [-0.39, 0.29) is 66.6 Å². The zero-order valence-corrected chi connectivity index (χ0v) is 34.9. The fraction of sp³-hybridized carbons (Fsp3) is 0.463. The number of ketones is 1. The number of phenols is 2. The third kappa shape index (κ3) is 14.2. The van der Waals surface area contributed by atoms with Crippen molar-refractivity contribution >= 4 is 47.3 Å². The van der Waals surface area contributed by atoms with Crippen LogP contribution in [0.25, 0.3) is 12.2 Å². The summed E-state index contributed by atoms with van der Waals surface area (Å²) in [6.45, 7) is 0.293. The number of allylic oxidation sites excluding steroid dienone is 2. The smallest absolute Gasteiger partial charge is 0.270 e. The summed E-state index contributed by atoms with van der Waals surface area (Å²) in [6.07, 6.45) is -11.0. The summed E-state index contributed by atoms with van der Waals surface area (Å²) in [4.78, 5) is 62.9. The molecule has 0 saturated carbocycles. The third-order valence-corrected chi connectivity index (χ3v) is 9.76. The molecule has 12 N–H and O–H groups in total. The second-order valence-corrected chi connectivity index (χ2v) is 14.5. The molecule has 0 aromatic heterocycles. The molecule has 2 heterocycles. The summed E-state index contributed by atoms with van der Waals surface area (Å²) in [7, 11) is 2.77. The van der Waals surface area contributed by atoms with Gasteiger partial charge in [-0.15, -0.1) is 0 Å². The zero-order chi connectivity index (χ0) is 47.1. The highest BCUT2D eigenvalue weighted by atomic mass is 16.7. The minimum absolute atomic E-state index is 0.0726. The molecular formula is C41H53N5O18. The number of nitrogens with one attached hydrogen (secondary N) is 4. The standard InChI is InChI=1S/C41H53N5O18/c1-20(48)42-32-37(33(54)29(19-47)62-40(32)59)63-41-36(57)34(55)35(56)38(64-41)39(58)46-45-31(53)7-5-4-6-30(52)44-43-23(12-8-21-10-14-25(50)27(16-21)60-2)18-24(49)13-9-22-11-15-26(51)28(17-22)61-3/h8-17,29,32-38,40-41,47,50-51,54-57,59H,4-7,18-19H2,1-3H3,(H,42,48)(H,44,52)(H,45,53)(H,46,58)/b12-8+,13-9+,43-23+/t29-,32-,33-,34+,35+,36-,37-,38+,40-,41-/m1/s1. The molecule has 0 spiro atoms. The molecule has 23 heteroatoms. The highest BCUT2D eigenvalue weighted by molar-refractivity contribution is 6.13. The van der Waals surface area contributed by atoms with Gasteiger partial charge in [-0.3, -0.25) is 34.8 Å². The number of carbonyl (C=O) groups is 5. The van der Waals surface area contributed by atoms with Gasteiger partial charge in [-0.2, -0.15) is 5.10 Å². The Balaban J connectivity index is 1.29. The number of nitrogens with zero attached hydrogens (tertiary/aromatic N) is 1. The van der Waals surface area contributed by atoms with Crippen LogP contribution in [0.2, 0.25) is 0 Å². The first-order chi connectivity index (χ1) is 30.4. The van der Waals surface area contributed by atoms with Crippen molar-refractivity contribution < 1.29 is 88.5 Å². The first kappa shape index (κ1) is 50.6. The van der Waals surface area contributed by atoms with Crippen LogP contribution in [0.3, 0.4) is 0 Å². The number of hydrogen-bond donors (Lipinski definition) is 12. The number of hydrazone groups is 1. The van der Waals surface area contributed by atoms with Crippen molar-refractivity contribution in [3.8, 4) is 23.0 Å². The van der Waals surface area contributed by atoms with Crippen LogP contribution in [0.5, 0.6) is 23.0 Å². The van der Waals surface area contributed by atoms with E-state index in [9.17, 15) is 64.8 Å². The lowest BCUT2D eigenvalue weighted by atomic mass is 9.95. The topological polar surface area (TPSA) is 354 Å². The minimum atomic E-state index is -2.06. The Labute approximate surface area is 365 Å². The second-order valence-electron chi connectivity index (χ2n) is 14.5. The van der Waals surface area contributed by atoms with Gasteiger partial charge in [0.2, 0.25) is 17.7 Å². The normalized spacial score (nSPS) is 26.0. The maximum atomic E-state index is 13.0. The SMILES string of the molecule is COc1cc(/C=C/C(=O)CC(/C=C/c2ccc(O)c(OC)c2)=N/NC(=O)CCCCC(=O)NNC(=O)[C@H]2O[C@@H](O[C@H]3[C@H](O)[C@@H](CO)O[C@@H](O)[C@@H]3NC(C)=O)[C@H](O)[C@@H](O)[C@@H]2O)ccc1O. The molecular weight excluding hydrogens is 850 g/mol. The van der Waals surface area contributed by atoms with Crippen molar-refractivity contribution in [2.24, 2.45) is 5.10 Å². The van der Waals surface area contributed by atoms with Crippen LogP contribution in [0.15, 0.2) is 53.7 Å². The van der Waals surface area contributed by atoms with Crippen LogP contribution in [0, 0.1) is 0 Å². The largest absolute Gasteiger partial charge is 0.504 e. The fourth-order valence-electron chi connectivity index (χ4n) is 6.34. The van der Waals surface area contributed by atoms with E-state index >= 15 is 0 Å². The van der Waals surface area contributed by atoms with Crippen molar-refractivity contribution in [1.29, 1.82) is 0 Å². The molecule has 0 unspecified atom stereocenters. The minimum Gasteiger partial charge on any atom is -0.504 e.